The number of nitrogens with zero attached hydrogens (tertiary/aromatic N) is 3. The number of anilines is 1. The van der Waals surface area contributed by atoms with Crippen molar-refractivity contribution in [3.63, 3.8) is 0 Å². The third kappa shape index (κ3) is 3.23. The molecule has 1 saturated heterocycles. The minimum atomic E-state index is -0.721. The summed E-state index contributed by atoms with van der Waals surface area (Å²) in [4.78, 5) is 19.9. The number of hydrogen-bond acceptors (Lipinski definition) is 4. The zero-order valence-corrected chi connectivity index (χ0v) is 11.5. The summed E-state index contributed by atoms with van der Waals surface area (Å²) < 4.78 is 0. The minimum absolute atomic E-state index is 0.124. The van der Waals surface area contributed by atoms with Gasteiger partial charge in [-0.1, -0.05) is 19.9 Å². The maximum absolute atomic E-state index is 11.3. The van der Waals surface area contributed by atoms with Crippen molar-refractivity contribution in [1.82, 2.24) is 9.88 Å². The van der Waals surface area contributed by atoms with Crippen LogP contribution >= 0.6 is 0 Å². The molecule has 2 rings (SSSR count). The van der Waals surface area contributed by atoms with Gasteiger partial charge in [0.15, 0.2) is 0 Å². The fourth-order valence-electron chi connectivity index (χ4n) is 2.63. The number of carboxylic acid groups (broad SMARTS) is 1. The molecule has 2 heterocycles. The van der Waals surface area contributed by atoms with E-state index in [1.165, 1.54) is 0 Å². The summed E-state index contributed by atoms with van der Waals surface area (Å²) in [5.41, 5.74) is 0. The van der Waals surface area contributed by atoms with Gasteiger partial charge in [0.05, 0.1) is 0 Å². The zero-order valence-electron chi connectivity index (χ0n) is 11.5. The van der Waals surface area contributed by atoms with Crippen LogP contribution in [0.1, 0.15) is 13.8 Å². The molecule has 0 aliphatic carbocycles. The van der Waals surface area contributed by atoms with E-state index in [1.807, 2.05) is 32.0 Å². The Bertz CT molecular complexity index is 414. The third-order valence-electron chi connectivity index (χ3n) is 3.57. The van der Waals surface area contributed by atoms with Crippen molar-refractivity contribution in [1.29, 1.82) is 0 Å². The first kappa shape index (κ1) is 13.8. The van der Waals surface area contributed by atoms with Gasteiger partial charge in [-0.3, -0.25) is 9.69 Å². The van der Waals surface area contributed by atoms with Gasteiger partial charge in [-0.05, 0) is 18.1 Å². The molecule has 0 saturated carbocycles. The van der Waals surface area contributed by atoms with Gasteiger partial charge in [0.2, 0.25) is 0 Å². The minimum Gasteiger partial charge on any atom is -0.480 e. The van der Waals surface area contributed by atoms with E-state index in [1.54, 1.807) is 6.20 Å². The number of piperazine rings is 1. The lowest BCUT2D eigenvalue weighted by atomic mass is 10.0. The van der Waals surface area contributed by atoms with Crippen molar-refractivity contribution in [2.24, 2.45) is 5.92 Å². The van der Waals surface area contributed by atoms with E-state index in [2.05, 4.69) is 14.8 Å². The molecule has 1 unspecified atom stereocenters. The molecule has 1 aliphatic heterocycles. The monoisotopic (exact) mass is 263 g/mol. The topological polar surface area (TPSA) is 56.7 Å². The van der Waals surface area contributed by atoms with E-state index in [4.69, 9.17) is 0 Å². The van der Waals surface area contributed by atoms with Crippen LogP contribution in [0.4, 0.5) is 5.82 Å². The molecule has 0 aromatic carbocycles. The summed E-state index contributed by atoms with van der Waals surface area (Å²) in [6, 6.07) is 5.49. The molecular weight excluding hydrogens is 242 g/mol. The van der Waals surface area contributed by atoms with Crippen molar-refractivity contribution in [2.45, 2.75) is 19.9 Å². The highest BCUT2D eigenvalue weighted by molar-refractivity contribution is 5.73. The quantitative estimate of drug-likeness (QED) is 0.887. The van der Waals surface area contributed by atoms with Gasteiger partial charge in [0.1, 0.15) is 11.9 Å². The fourth-order valence-corrected chi connectivity index (χ4v) is 2.63. The van der Waals surface area contributed by atoms with Crippen LogP contribution in [0.3, 0.4) is 0 Å². The van der Waals surface area contributed by atoms with Crippen molar-refractivity contribution < 1.29 is 9.90 Å². The Morgan fingerprint density at radius 1 is 1.26 bits per heavy atom. The summed E-state index contributed by atoms with van der Waals surface area (Å²) in [6.07, 6.45) is 1.79. The number of carbonyl (C=O) groups is 1. The zero-order chi connectivity index (χ0) is 13.8. The average molecular weight is 263 g/mol. The Hall–Kier alpha value is -1.62. The van der Waals surface area contributed by atoms with E-state index in [0.717, 1.165) is 32.0 Å². The summed E-state index contributed by atoms with van der Waals surface area (Å²) in [5.74, 6) is 0.374. The maximum Gasteiger partial charge on any atom is 0.321 e. The molecule has 0 bridgehead atoms. The van der Waals surface area contributed by atoms with Crippen molar-refractivity contribution in [3.05, 3.63) is 24.4 Å². The second-order valence-corrected chi connectivity index (χ2v) is 5.24. The molecule has 5 nitrogen and oxygen atoms in total. The number of pyridine rings is 1. The summed E-state index contributed by atoms with van der Waals surface area (Å²) >= 11 is 0. The standard InChI is InChI=1S/C14H21N3O2/c1-11(2)13(14(18)19)17-9-7-16(8-10-17)12-5-3-4-6-15-12/h3-6,11,13H,7-10H2,1-2H3,(H,18,19). The fraction of sp³-hybridized carbons (Fsp3) is 0.571. The van der Waals surface area contributed by atoms with Crippen LogP contribution in [0, 0.1) is 5.92 Å². The molecule has 19 heavy (non-hydrogen) atoms. The van der Waals surface area contributed by atoms with E-state index >= 15 is 0 Å². The highest BCUT2D eigenvalue weighted by Gasteiger charge is 2.31. The number of aromatic nitrogens is 1. The number of hydrogen-bond donors (Lipinski definition) is 1. The maximum atomic E-state index is 11.3. The first-order valence-electron chi connectivity index (χ1n) is 6.72. The first-order valence-corrected chi connectivity index (χ1v) is 6.72. The van der Waals surface area contributed by atoms with Crippen molar-refractivity contribution >= 4 is 11.8 Å². The molecule has 1 atom stereocenters. The number of aliphatic carboxylic acids is 1. The van der Waals surface area contributed by atoms with Gasteiger partial charge in [0.25, 0.3) is 0 Å². The smallest absolute Gasteiger partial charge is 0.321 e. The third-order valence-corrected chi connectivity index (χ3v) is 3.57. The summed E-state index contributed by atoms with van der Waals surface area (Å²) in [6.45, 7) is 7.12. The van der Waals surface area contributed by atoms with Crippen molar-refractivity contribution in [3.8, 4) is 0 Å². The normalized spacial score (nSPS) is 18.6. The lowest BCUT2D eigenvalue weighted by Gasteiger charge is -2.39. The molecule has 1 aromatic heterocycles. The van der Waals surface area contributed by atoms with E-state index in [0.29, 0.717) is 0 Å². The Labute approximate surface area is 113 Å². The SMILES string of the molecule is CC(C)C(C(=O)O)N1CCN(c2ccccn2)CC1. The second kappa shape index (κ2) is 6.02. The molecule has 1 N–H and O–H groups in total. The van der Waals surface area contributed by atoms with Crippen LogP contribution < -0.4 is 4.90 Å². The Kier molecular flexibility index (Phi) is 4.37. The largest absolute Gasteiger partial charge is 0.480 e. The highest BCUT2D eigenvalue weighted by Crippen LogP contribution is 2.17. The molecule has 104 valence electrons. The Morgan fingerprint density at radius 2 is 1.95 bits per heavy atom. The average Bonchev–Trinajstić information content (AvgIpc) is 2.40. The van der Waals surface area contributed by atoms with Gasteiger partial charge < -0.3 is 10.0 Å². The Balaban J connectivity index is 1.97. The molecule has 0 spiro atoms. The number of carboxylic acids is 1. The molecule has 5 heteroatoms. The highest BCUT2D eigenvalue weighted by atomic mass is 16.4. The molecule has 1 fully saturated rings. The lowest BCUT2D eigenvalue weighted by molar-refractivity contribution is -0.145. The summed E-state index contributed by atoms with van der Waals surface area (Å²) in [5, 5.41) is 9.31. The van der Waals surface area contributed by atoms with E-state index < -0.39 is 5.97 Å². The lowest BCUT2D eigenvalue weighted by Crippen LogP contribution is -2.54. The molecule has 1 aliphatic rings. The number of rotatable bonds is 4. The van der Waals surface area contributed by atoms with E-state index in [9.17, 15) is 9.90 Å². The summed E-state index contributed by atoms with van der Waals surface area (Å²) in [7, 11) is 0. The predicted octanol–water partition coefficient (Wildman–Crippen LogP) is 1.31. The van der Waals surface area contributed by atoms with Crippen LogP contribution in [-0.4, -0.2) is 53.2 Å². The van der Waals surface area contributed by atoms with Gasteiger partial charge >= 0.3 is 5.97 Å². The van der Waals surface area contributed by atoms with Crippen molar-refractivity contribution in [2.75, 3.05) is 31.1 Å². The van der Waals surface area contributed by atoms with Gasteiger partial charge in [-0.25, -0.2) is 4.98 Å². The molecule has 1 aromatic rings. The van der Waals surface area contributed by atoms with Gasteiger partial charge in [-0.2, -0.15) is 0 Å². The van der Waals surface area contributed by atoms with Gasteiger partial charge in [0, 0.05) is 32.4 Å². The van der Waals surface area contributed by atoms with Crippen LogP contribution in [0.2, 0.25) is 0 Å². The second-order valence-electron chi connectivity index (χ2n) is 5.24. The van der Waals surface area contributed by atoms with Crippen LogP contribution in [0.25, 0.3) is 0 Å². The first-order chi connectivity index (χ1) is 9.09. The predicted molar refractivity (Wildman–Crippen MR) is 74.3 cm³/mol. The van der Waals surface area contributed by atoms with Gasteiger partial charge in [-0.15, -0.1) is 0 Å². The van der Waals surface area contributed by atoms with E-state index in [-0.39, 0.29) is 12.0 Å². The van der Waals surface area contributed by atoms with Crippen LogP contribution in [-0.2, 0) is 4.79 Å². The molecule has 0 radical (unpaired) electrons. The van der Waals surface area contributed by atoms with Crippen LogP contribution in [0.15, 0.2) is 24.4 Å². The molecular formula is C14H21N3O2. The molecule has 0 amide bonds. The Morgan fingerprint density at radius 3 is 2.42 bits per heavy atom. The van der Waals surface area contributed by atoms with Crippen LogP contribution in [0.5, 0.6) is 0 Å².